The largest absolute Gasteiger partial charge is 0.497 e. The third kappa shape index (κ3) is 3.23. The average Bonchev–Trinajstić information content (AvgIpc) is 3.00. The lowest BCUT2D eigenvalue weighted by molar-refractivity contribution is -0.113. The highest BCUT2D eigenvalue weighted by Gasteiger charge is 2.35. The van der Waals surface area contributed by atoms with Crippen LogP contribution in [0, 0.1) is 0 Å². The molecule has 28 heavy (non-hydrogen) atoms. The number of benzene rings is 2. The third-order valence-corrected chi connectivity index (χ3v) is 5.67. The summed E-state index contributed by atoms with van der Waals surface area (Å²) in [6.45, 7) is 0. The number of hydrogen-bond acceptors (Lipinski definition) is 6. The number of rotatable bonds is 4. The van der Waals surface area contributed by atoms with Gasteiger partial charge in [0.05, 0.1) is 30.3 Å². The SMILES string of the molecule is COc1ccc(N2C(=O)C(=Cc3cccc4cccnc34)SC2=S)c(OC)c1. The number of thiocarbonyl (C=S) groups is 1. The van der Waals surface area contributed by atoms with Crippen LogP contribution >= 0.6 is 24.0 Å². The van der Waals surface area contributed by atoms with Crippen LogP contribution in [0.3, 0.4) is 0 Å². The van der Waals surface area contributed by atoms with Crippen molar-refractivity contribution in [3.8, 4) is 11.5 Å². The molecular formula is C21H16N2O3S2. The number of anilines is 1. The number of fused-ring (bicyclic) bond motifs is 1. The standard InChI is InChI=1S/C21H16N2O3S2/c1-25-15-8-9-16(17(12-15)26-2)23-20(24)18(28-21(23)27)11-14-6-3-5-13-7-4-10-22-19(13)14/h3-12H,1-2H3. The molecule has 1 amide bonds. The van der Waals surface area contributed by atoms with Crippen LogP contribution in [-0.2, 0) is 4.79 Å². The molecule has 0 N–H and O–H groups in total. The summed E-state index contributed by atoms with van der Waals surface area (Å²) in [6, 6.07) is 15.0. The van der Waals surface area contributed by atoms with E-state index in [0.29, 0.717) is 26.4 Å². The molecule has 1 aliphatic rings. The van der Waals surface area contributed by atoms with Gasteiger partial charge in [0.15, 0.2) is 4.32 Å². The van der Waals surface area contributed by atoms with Crippen molar-refractivity contribution in [2.75, 3.05) is 19.1 Å². The molecule has 0 bridgehead atoms. The van der Waals surface area contributed by atoms with Crippen LogP contribution in [0.5, 0.6) is 11.5 Å². The Kier molecular flexibility index (Phi) is 5.02. The van der Waals surface area contributed by atoms with E-state index in [9.17, 15) is 4.79 Å². The van der Waals surface area contributed by atoms with Gasteiger partial charge in [-0.1, -0.05) is 48.2 Å². The number of para-hydroxylation sites is 1. The number of carbonyl (C=O) groups is 1. The first-order valence-corrected chi connectivity index (χ1v) is 9.68. The van der Waals surface area contributed by atoms with E-state index in [4.69, 9.17) is 21.7 Å². The number of thioether (sulfide) groups is 1. The van der Waals surface area contributed by atoms with Crippen molar-refractivity contribution < 1.29 is 14.3 Å². The Morgan fingerprint density at radius 2 is 1.93 bits per heavy atom. The summed E-state index contributed by atoms with van der Waals surface area (Å²) in [7, 11) is 3.13. The summed E-state index contributed by atoms with van der Waals surface area (Å²) in [4.78, 5) is 19.6. The molecule has 2 aromatic carbocycles. The van der Waals surface area contributed by atoms with Crippen LogP contribution in [0.1, 0.15) is 5.56 Å². The van der Waals surface area contributed by atoms with Crippen molar-refractivity contribution in [2.45, 2.75) is 0 Å². The Morgan fingerprint density at radius 3 is 2.71 bits per heavy atom. The van der Waals surface area contributed by atoms with Crippen LogP contribution in [-0.4, -0.2) is 29.4 Å². The van der Waals surface area contributed by atoms with E-state index < -0.39 is 0 Å². The maximum absolute atomic E-state index is 13.1. The Hall–Kier alpha value is -2.90. The van der Waals surface area contributed by atoms with Gasteiger partial charge in [0, 0.05) is 23.2 Å². The van der Waals surface area contributed by atoms with Gasteiger partial charge in [-0.05, 0) is 24.3 Å². The van der Waals surface area contributed by atoms with Gasteiger partial charge in [-0.25, -0.2) is 0 Å². The second-order valence-corrected chi connectivity index (χ2v) is 7.65. The summed E-state index contributed by atoms with van der Waals surface area (Å²) < 4.78 is 11.1. The number of methoxy groups -OCH3 is 2. The van der Waals surface area contributed by atoms with E-state index in [1.807, 2.05) is 36.4 Å². The summed E-state index contributed by atoms with van der Waals surface area (Å²) >= 11 is 6.75. The van der Waals surface area contributed by atoms with Gasteiger partial charge < -0.3 is 9.47 Å². The molecule has 4 rings (SSSR count). The van der Waals surface area contributed by atoms with Gasteiger partial charge in [0.25, 0.3) is 5.91 Å². The van der Waals surface area contributed by atoms with Crippen LogP contribution in [0.4, 0.5) is 5.69 Å². The highest BCUT2D eigenvalue weighted by atomic mass is 32.2. The van der Waals surface area contributed by atoms with Gasteiger partial charge in [-0.3, -0.25) is 14.7 Å². The molecule has 1 saturated heterocycles. The summed E-state index contributed by atoms with van der Waals surface area (Å²) in [6.07, 6.45) is 3.58. The zero-order valence-corrected chi connectivity index (χ0v) is 16.8. The smallest absolute Gasteiger partial charge is 0.270 e. The Bertz CT molecular complexity index is 1120. The minimum atomic E-state index is -0.189. The second kappa shape index (κ2) is 7.61. The van der Waals surface area contributed by atoms with Crippen molar-refractivity contribution >= 4 is 56.9 Å². The lowest BCUT2D eigenvalue weighted by Crippen LogP contribution is -2.27. The van der Waals surface area contributed by atoms with Crippen LogP contribution in [0.25, 0.3) is 17.0 Å². The van der Waals surface area contributed by atoms with Gasteiger partial charge in [-0.15, -0.1) is 0 Å². The molecule has 140 valence electrons. The molecule has 5 nitrogen and oxygen atoms in total. The molecule has 1 aromatic heterocycles. The molecule has 0 radical (unpaired) electrons. The molecule has 2 heterocycles. The van der Waals surface area contributed by atoms with Crippen molar-refractivity contribution in [1.82, 2.24) is 4.98 Å². The quantitative estimate of drug-likeness (QED) is 0.462. The van der Waals surface area contributed by atoms with Gasteiger partial charge >= 0.3 is 0 Å². The molecule has 0 aliphatic carbocycles. The monoisotopic (exact) mass is 408 g/mol. The van der Waals surface area contributed by atoms with Crippen LogP contribution < -0.4 is 14.4 Å². The lowest BCUT2D eigenvalue weighted by Gasteiger charge is -2.18. The first kappa shape index (κ1) is 18.5. The molecule has 1 fully saturated rings. The van der Waals surface area contributed by atoms with Gasteiger partial charge in [-0.2, -0.15) is 0 Å². The predicted molar refractivity (Wildman–Crippen MR) is 117 cm³/mol. The van der Waals surface area contributed by atoms with Gasteiger partial charge in [0.1, 0.15) is 11.5 Å². The van der Waals surface area contributed by atoms with E-state index >= 15 is 0 Å². The lowest BCUT2D eigenvalue weighted by atomic mass is 10.1. The fourth-order valence-corrected chi connectivity index (χ4v) is 4.31. The highest BCUT2D eigenvalue weighted by Crippen LogP contribution is 2.41. The number of ether oxygens (including phenoxy) is 2. The number of pyridine rings is 1. The third-order valence-electron chi connectivity index (χ3n) is 4.37. The number of hydrogen-bond donors (Lipinski definition) is 0. The number of amides is 1. The Morgan fingerprint density at radius 1 is 1.11 bits per heavy atom. The first-order valence-electron chi connectivity index (χ1n) is 8.46. The molecule has 0 atom stereocenters. The zero-order chi connectivity index (χ0) is 19.7. The van der Waals surface area contributed by atoms with E-state index in [-0.39, 0.29) is 5.91 Å². The highest BCUT2D eigenvalue weighted by molar-refractivity contribution is 8.27. The number of aromatic nitrogens is 1. The minimum Gasteiger partial charge on any atom is -0.497 e. The molecular weight excluding hydrogens is 392 g/mol. The minimum absolute atomic E-state index is 0.189. The predicted octanol–water partition coefficient (Wildman–Crippen LogP) is 4.66. The molecule has 7 heteroatoms. The van der Waals surface area contributed by atoms with Crippen molar-refractivity contribution in [2.24, 2.45) is 0 Å². The van der Waals surface area contributed by atoms with E-state index in [0.717, 1.165) is 16.5 Å². The fourth-order valence-electron chi connectivity index (χ4n) is 3.03. The summed E-state index contributed by atoms with van der Waals surface area (Å²) in [5.41, 5.74) is 2.31. The maximum atomic E-state index is 13.1. The summed E-state index contributed by atoms with van der Waals surface area (Å²) in [5, 5.41) is 1.02. The molecule has 0 unspecified atom stereocenters. The van der Waals surface area contributed by atoms with E-state index in [1.54, 1.807) is 38.6 Å². The molecule has 3 aromatic rings. The zero-order valence-electron chi connectivity index (χ0n) is 15.2. The number of nitrogens with zero attached hydrogens (tertiary/aromatic N) is 2. The summed E-state index contributed by atoms with van der Waals surface area (Å²) in [5.74, 6) is 0.971. The van der Waals surface area contributed by atoms with Crippen molar-refractivity contribution in [3.63, 3.8) is 0 Å². The average molecular weight is 409 g/mol. The second-order valence-electron chi connectivity index (χ2n) is 5.98. The topological polar surface area (TPSA) is 51.7 Å². The van der Waals surface area contributed by atoms with E-state index in [2.05, 4.69) is 4.98 Å². The first-order chi connectivity index (χ1) is 13.6. The molecule has 1 aliphatic heterocycles. The van der Waals surface area contributed by atoms with Crippen molar-refractivity contribution in [3.05, 3.63) is 65.2 Å². The van der Waals surface area contributed by atoms with Crippen LogP contribution in [0.2, 0.25) is 0 Å². The van der Waals surface area contributed by atoms with Crippen molar-refractivity contribution in [1.29, 1.82) is 0 Å². The van der Waals surface area contributed by atoms with Gasteiger partial charge in [0.2, 0.25) is 0 Å². The molecule has 0 saturated carbocycles. The van der Waals surface area contributed by atoms with E-state index in [1.165, 1.54) is 16.7 Å². The number of carbonyl (C=O) groups excluding carboxylic acids is 1. The fraction of sp³-hybridized carbons (Fsp3) is 0.0952. The molecule has 0 spiro atoms. The normalized spacial score (nSPS) is 15.5. The van der Waals surface area contributed by atoms with Crippen LogP contribution in [0.15, 0.2) is 59.6 Å². The maximum Gasteiger partial charge on any atom is 0.270 e. The Labute approximate surface area is 172 Å². The Balaban J connectivity index is 1.74.